The maximum atomic E-state index is 10.9. The third kappa shape index (κ3) is 1.36. The average molecular weight is 204 g/mol. The van der Waals surface area contributed by atoms with Crippen molar-refractivity contribution < 1.29 is 20.1 Å². The lowest BCUT2D eigenvalue weighted by atomic mass is 10.0. The van der Waals surface area contributed by atoms with Crippen LogP contribution in [0.5, 0.6) is 11.5 Å². The molecule has 0 aliphatic carbocycles. The molecule has 2 rings (SSSR count). The molecule has 76 valence electrons. The molecule has 0 radical (unpaired) electrons. The zero-order valence-corrected chi connectivity index (χ0v) is 7.64. The number of hydrogen-bond donors (Lipinski definition) is 3. The largest absolute Gasteiger partial charge is 0.504 e. The highest BCUT2D eigenvalue weighted by Gasteiger charge is 2.11. The van der Waals surface area contributed by atoms with Gasteiger partial charge in [0.05, 0.1) is 5.56 Å². The maximum Gasteiger partial charge on any atom is 0.336 e. The monoisotopic (exact) mass is 204 g/mol. The quantitative estimate of drug-likeness (QED) is 0.620. The molecule has 0 saturated carbocycles. The molecule has 0 spiro atoms. The fourth-order valence-electron chi connectivity index (χ4n) is 1.52. The number of aromatic carboxylic acids is 1. The molecule has 0 aromatic heterocycles. The number of fused-ring (bicyclic) bond motifs is 1. The van der Waals surface area contributed by atoms with Gasteiger partial charge in [-0.05, 0) is 18.2 Å². The number of carboxylic acids is 1. The van der Waals surface area contributed by atoms with Gasteiger partial charge >= 0.3 is 5.97 Å². The first-order valence-corrected chi connectivity index (χ1v) is 4.28. The molecule has 0 atom stereocenters. The van der Waals surface area contributed by atoms with E-state index in [1.165, 1.54) is 24.3 Å². The molecule has 2 aromatic rings. The van der Waals surface area contributed by atoms with Gasteiger partial charge < -0.3 is 15.3 Å². The summed E-state index contributed by atoms with van der Waals surface area (Å²) in [5, 5.41) is 28.4. The zero-order valence-electron chi connectivity index (χ0n) is 7.64. The van der Waals surface area contributed by atoms with Crippen LogP contribution in [0.4, 0.5) is 0 Å². The minimum Gasteiger partial charge on any atom is -0.504 e. The highest BCUT2D eigenvalue weighted by atomic mass is 16.4. The first kappa shape index (κ1) is 9.33. The van der Waals surface area contributed by atoms with Crippen LogP contribution in [0.1, 0.15) is 10.4 Å². The van der Waals surface area contributed by atoms with Crippen LogP contribution in [0.15, 0.2) is 30.3 Å². The summed E-state index contributed by atoms with van der Waals surface area (Å²) >= 11 is 0. The fourth-order valence-corrected chi connectivity index (χ4v) is 1.52. The Hall–Kier alpha value is -2.23. The molecule has 0 heterocycles. The Morgan fingerprint density at radius 3 is 2.40 bits per heavy atom. The molecule has 0 aliphatic heterocycles. The van der Waals surface area contributed by atoms with Crippen molar-refractivity contribution in [2.75, 3.05) is 0 Å². The van der Waals surface area contributed by atoms with Crippen LogP contribution in [0.2, 0.25) is 0 Å². The Bertz CT molecular complexity index is 546. The van der Waals surface area contributed by atoms with Crippen molar-refractivity contribution >= 4 is 16.7 Å². The third-order valence-corrected chi connectivity index (χ3v) is 2.24. The Labute approximate surface area is 85.0 Å². The van der Waals surface area contributed by atoms with Crippen LogP contribution in [-0.4, -0.2) is 21.3 Å². The topological polar surface area (TPSA) is 77.8 Å². The van der Waals surface area contributed by atoms with Crippen LogP contribution in [0.25, 0.3) is 10.8 Å². The molecule has 0 unspecified atom stereocenters. The molecule has 2 aromatic carbocycles. The molecular weight excluding hydrogens is 196 g/mol. The van der Waals surface area contributed by atoms with Gasteiger partial charge in [0, 0.05) is 10.8 Å². The molecular formula is C11H8O4. The van der Waals surface area contributed by atoms with Gasteiger partial charge in [0.2, 0.25) is 0 Å². The molecule has 0 amide bonds. The predicted octanol–water partition coefficient (Wildman–Crippen LogP) is 1.95. The Balaban J connectivity index is 2.89. The summed E-state index contributed by atoms with van der Waals surface area (Å²) in [6, 6.07) is 7.25. The summed E-state index contributed by atoms with van der Waals surface area (Å²) in [6.07, 6.45) is 0. The summed E-state index contributed by atoms with van der Waals surface area (Å²) < 4.78 is 0. The highest BCUT2D eigenvalue weighted by Crippen LogP contribution is 2.34. The summed E-state index contributed by atoms with van der Waals surface area (Å²) in [6.45, 7) is 0. The Morgan fingerprint density at radius 1 is 1.00 bits per heavy atom. The zero-order chi connectivity index (χ0) is 11.0. The van der Waals surface area contributed by atoms with Crippen LogP contribution < -0.4 is 0 Å². The van der Waals surface area contributed by atoms with Gasteiger partial charge in [0.25, 0.3) is 0 Å². The molecule has 0 fully saturated rings. The lowest BCUT2D eigenvalue weighted by Crippen LogP contribution is -1.96. The van der Waals surface area contributed by atoms with E-state index < -0.39 is 5.97 Å². The summed E-state index contributed by atoms with van der Waals surface area (Å²) in [5.41, 5.74) is 0.0998. The van der Waals surface area contributed by atoms with Gasteiger partial charge in [0.1, 0.15) is 0 Å². The molecule has 4 nitrogen and oxygen atoms in total. The van der Waals surface area contributed by atoms with Gasteiger partial charge in [-0.15, -0.1) is 0 Å². The summed E-state index contributed by atoms with van der Waals surface area (Å²) in [7, 11) is 0. The van der Waals surface area contributed by atoms with Crippen molar-refractivity contribution in [3.63, 3.8) is 0 Å². The van der Waals surface area contributed by atoms with E-state index in [1.54, 1.807) is 6.07 Å². The smallest absolute Gasteiger partial charge is 0.336 e. The van der Waals surface area contributed by atoms with Crippen molar-refractivity contribution in [1.29, 1.82) is 0 Å². The second-order valence-corrected chi connectivity index (χ2v) is 3.14. The van der Waals surface area contributed by atoms with Crippen molar-refractivity contribution in [2.45, 2.75) is 0 Å². The minimum atomic E-state index is -1.06. The number of phenols is 2. The van der Waals surface area contributed by atoms with Crippen LogP contribution in [0, 0.1) is 0 Å². The van der Waals surface area contributed by atoms with E-state index in [9.17, 15) is 15.0 Å². The molecule has 0 aliphatic rings. The number of aromatic hydroxyl groups is 2. The highest BCUT2D eigenvalue weighted by molar-refractivity contribution is 6.05. The SMILES string of the molecule is O=C(O)c1cccc2c(O)c(O)ccc12. The number of benzene rings is 2. The number of carbonyl (C=O) groups is 1. The fraction of sp³-hybridized carbons (Fsp3) is 0. The standard InChI is InChI=1S/C11H8O4/c12-9-5-4-6-7(10(9)13)2-1-3-8(6)11(14)15/h1-5,12-13H,(H,14,15). The van der Waals surface area contributed by atoms with Gasteiger partial charge in [-0.25, -0.2) is 4.79 Å². The lowest BCUT2D eigenvalue weighted by molar-refractivity contribution is 0.0699. The molecule has 4 heteroatoms. The van der Waals surface area contributed by atoms with Crippen molar-refractivity contribution in [3.05, 3.63) is 35.9 Å². The van der Waals surface area contributed by atoms with Crippen LogP contribution in [0.3, 0.4) is 0 Å². The van der Waals surface area contributed by atoms with E-state index >= 15 is 0 Å². The number of phenolic OH excluding ortho intramolecular Hbond substituents is 2. The van der Waals surface area contributed by atoms with Crippen molar-refractivity contribution in [2.24, 2.45) is 0 Å². The first-order valence-electron chi connectivity index (χ1n) is 4.28. The second kappa shape index (κ2) is 3.16. The number of carboxylic acid groups (broad SMARTS) is 1. The van der Waals surface area contributed by atoms with Gasteiger partial charge in [-0.2, -0.15) is 0 Å². The van der Waals surface area contributed by atoms with E-state index in [2.05, 4.69) is 0 Å². The maximum absolute atomic E-state index is 10.9. The average Bonchev–Trinajstić information content (AvgIpc) is 2.23. The van der Waals surface area contributed by atoms with Gasteiger partial charge in [-0.1, -0.05) is 12.1 Å². The van der Waals surface area contributed by atoms with Crippen LogP contribution >= 0.6 is 0 Å². The van der Waals surface area contributed by atoms with E-state index in [1.807, 2.05) is 0 Å². The van der Waals surface area contributed by atoms with E-state index in [0.717, 1.165) is 0 Å². The molecule has 0 bridgehead atoms. The Morgan fingerprint density at radius 2 is 1.73 bits per heavy atom. The molecule has 0 saturated heterocycles. The summed E-state index contributed by atoms with van der Waals surface area (Å²) in [4.78, 5) is 10.9. The number of hydrogen-bond acceptors (Lipinski definition) is 3. The summed E-state index contributed by atoms with van der Waals surface area (Å²) in [5.74, 6) is -1.62. The predicted molar refractivity (Wildman–Crippen MR) is 54.2 cm³/mol. The van der Waals surface area contributed by atoms with E-state index in [4.69, 9.17) is 5.11 Å². The van der Waals surface area contributed by atoms with Gasteiger partial charge in [0.15, 0.2) is 11.5 Å². The third-order valence-electron chi connectivity index (χ3n) is 2.24. The van der Waals surface area contributed by atoms with Crippen LogP contribution in [-0.2, 0) is 0 Å². The number of rotatable bonds is 1. The van der Waals surface area contributed by atoms with E-state index in [0.29, 0.717) is 10.8 Å². The molecule has 15 heavy (non-hydrogen) atoms. The lowest BCUT2D eigenvalue weighted by Gasteiger charge is -2.05. The minimum absolute atomic E-state index is 0.0998. The normalized spacial score (nSPS) is 10.4. The van der Waals surface area contributed by atoms with Crippen molar-refractivity contribution in [1.82, 2.24) is 0 Å². The first-order chi connectivity index (χ1) is 7.11. The van der Waals surface area contributed by atoms with Crippen molar-refractivity contribution in [3.8, 4) is 11.5 Å². The van der Waals surface area contributed by atoms with Gasteiger partial charge in [-0.3, -0.25) is 0 Å². The second-order valence-electron chi connectivity index (χ2n) is 3.14. The Kier molecular flexibility index (Phi) is 1.97. The molecule has 3 N–H and O–H groups in total. The van der Waals surface area contributed by atoms with E-state index in [-0.39, 0.29) is 17.1 Å².